The van der Waals surface area contributed by atoms with Gasteiger partial charge in [0, 0.05) is 12.8 Å². The maximum atomic E-state index is 12.6. The molecule has 0 aromatic rings. The van der Waals surface area contributed by atoms with Crippen LogP contribution < -0.4 is 4.89 Å². The normalized spacial score (nSPS) is 14.5. The van der Waals surface area contributed by atoms with Gasteiger partial charge in [0.25, 0.3) is 7.82 Å². The molecule has 0 saturated carbocycles. The van der Waals surface area contributed by atoms with Crippen molar-refractivity contribution in [2.45, 2.75) is 161 Å². The number of phosphoric acid groups is 1. The molecule has 0 fully saturated rings. The van der Waals surface area contributed by atoms with E-state index in [1.165, 1.54) is 0 Å². The third kappa shape index (κ3) is 47.9. The van der Waals surface area contributed by atoms with Gasteiger partial charge in [-0.2, -0.15) is 0 Å². The average molecular weight is 910 g/mol. The Labute approximate surface area is 390 Å². The number of unbranched alkanes of at least 4 members (excludes halogenated alkanes) is 8. The van der Waals surface area contributed by atoms with Crippen LogP contribution in [0.5, 0.6) is 0 Å². The smallest absolute Gasteiger partial charge is 0.306 e. The molecule has 0 heterocycles. The summed E-state index contributed by atoms with van der Waals surface area (Å²) >= 11 is 0. The zero-order valence-corrected chi connectivity index (χ0v) is 41.6. The maximum absolute atomic E-state index is 12.6. The number of carbonyl (C=O) groups is 2. The molecule has 0 aromatic heterocycles. The second kappa shape index (κ2) is 44.6. The predicted octanol–water partition coefficient (Wildman–Crippen LogP) is 13.8. The van der Waals surface area contributed by atoms with Crippen LogP contribution in [0.15, 0.2) is 122 Å². The lowest BCUT2D eigenvalue weighted by atomic mass is 10.1. The molecule has 0 aromatic carbocycles. The molecule has 9 nitrogen and oxygen atoms in total. The van der Waals surface area contributed by atoms with E-state index in [1.54, 1.807) is 0 Å². The van der Waals surface area contributed by atoms with Crippen LogP contribution >= 0.6 is 7.82 Å². The standard InChI is InChI=1S/C54H88NO8P/c1-6-8-10-12-13-14-15-16-17-18-19-20-21-22-23-24-25-26-27-28-29-30-31-32-33-34-35-36-37-38-39-40-41-43-45-47-54(57)63-52(50-60-53(56)46-44-42-11-9-7-2)51-62-64(58,59)61-49-48-55(3,4)5/h8,10,13-14,16-17,19-20,22-23,25-26,28-29,31-32,34-35,37-38,52H,6-7,9,11-12,15,18,21,24,27,30,33,36,39-51H2,1-5H3/b10-8-,14-13-,17-16-,20-19-,23-22-,26-25-,29-28-,32-31-,35-34-,38-37-. The van der Waals surface area contributed by atoms with Crippen LogP contribution in [0.3, 0.4) is 0 Å². The number of nitrogens with zero attached hydrogens (tertiary/aromatic N) is 1. The summed E-state index contributed by atoms with van der Waals surface area (Å²) in [6.07, 6.45) is 63.0. The number of rotatable bonds is 42. The van der Waals surface area contributed by atoms with Crippen LogP contribution in [0.2, 0.25) is 0 Å². The van der Waals surface area contributed by atoms with Crippen molar-refractivity contribution in [3.63, 3.8) is 0 Å². The third-order valence-corrected chi connectivity index (χ3v) is 10.5. The Hall–Kier alpha value is -3.59. The van der Waals surface area contributed by atoms with Gasteiger partial charge in [0.2, 0.25) is 0 Å². The number of likely N-dealkylation sites (N-methyl/N-ethyl adjacent to an activating group) is 1. The highest BCUT2D eigenvalue weighted by molar-refractivity contribution is 7.45. The van der Waals surface area contributed by atoms with Gasteiger partial charge in [-0.1, -0.05) is 174 Å². The maximum Gasteiger partial charge on any atom is 0.306 e. The van der Waals surface area contributed by atoms with E-state index in [1.807, 2.05) is 21.1 Å². The molecule has 0 rings (SSSR count). The summed E-state index contributed by atoms with van der Waals surface area (Å²) in [5.41, 5.74) is 0. The number of carbonyl (C=O) groups excluding carboxylic acids is 2. The predicted molar refractivity (Wildman–Crippen MR) is 268 cm³/mol. The number of esters is 2. The Morgan fingerprint density at radius 1 is 0.500 bits per heavy atom. The largest absolute Gasteiger partial charge is 0.756 e. The summed E-state index contributed by atoms with van der Waals surface area (Å²) in [7, 11) is 1.12. The molecule has 64 heavy (non-hydrogen) atoms. The molecule has 10 heteroatoms. The number of quaternary nitrogens is 1. The van der Waals surface area contributed by atoms with Gasteiger partial charge in [-0.3, -0.25) is 14.2 Å². The van der Waals surface area contributed by atoms with Crippen LogP contribution in [0.1, 0.15) is 155 Å². The topological polar surface area (TPSA) is 111 Å². The number of hydrogen-bond donors (Lipinski definition) is 0. The van der Waals surface area contributed by atoms with Gasteiger partial charge in [-0.25, -0.2) is 0 Å². The highest BCUT2D eigenvalue weighted by Gasteiger charge is 2.21. The number of hydrogen-bond acceptors (Lipinski definition) is 8. The van der Waals surface area contributed by atoms with E-state index in [-0.39, 0.29) is 26.1 Å². The average Bonchev–Trinajstić information content (AvgIpc) is 3.25. The van der Waals surface area contributed by atoms with Gasteiger partial charge in [0.15, 0.2) is 6.10 Å². The van der Waals surface area contributed by atoms with Crippen LogP contribution in [-0.4, -0.2) is 70.0 Å². The molecular formula is C54H88NO8P. The highest BCUT2D eigenvalue weighted by atomic mass is 31.2. The third-order valence-electron chi connectivity index (χ3n) is 9.50. The van der Waals surface area contributed by atoms with Crippen molar-refractivity contribution >= 4 is 19.8 Å². The summed E-state index contributed by atoms with van der Waals surface area (Å²) in [4.78, 5) is 37.2. The van der Waals surface area contributed by atoms with Crippen LogP contribution in [-0.2, 0) is 32.7 Å². The van der Waals surface area contributed by atoms with Crippen molar-refractivity contribution in [3.05, 3.63) is 122 Å². The van der Waals surface area contributed by atoms with Gasteiger partial charge in [0.1, 0.15) is 19.8 Å². The summed E-state index contributed by atoms with van der Waals surface area (Å²) in [6.45, 7) is 3.94. The van der Waals surface area contributed by atoms with Gasteiger partial charge in [-0.05, 0) is 89.9 Å². The van der Waals surface area contributed by atoms with E-state index in [0.29, 0.717) is 23.9 Å². The van der Waals surface area contributed by atoms with Gasteiger partial charge >= 0.3 is 11.9 Å². The SMILES string of the molecule is CC/C=C\C/C=C\C/C=C\C/C=C\C/C=C\C/C=C\C/C=C\C/C=C\C/C=C\C/C=C\CCCCCCC(=O)OC(COC(=O)CCCCCCC)COP(=O)([O-])OCC[N+](C)(C)C. The van der Waals surface area contributed by atoms with Crippen molar-refractivity contribution in [1.29, 1.82) is 0 Å². The minimum atomic E-state index is -4.63. The van der Waals surface area contributed by atoms with E-state index >= 15 is 0 Å². The van der Waals surface area contributed by atoms with E-state index in [9.17, 15) is 19.0 Å². The molecular weight excluding hydrogens is 822 g/mol. The second-order valence-corrected chi connectivity index (χ2v) is 18.2. The second-order valence-electron chi connectivity index (χ2n) is 16.7. The van der Waals surface area contributed by atoms with Crippen molar-refractivity contribution in [2.24, 2.45) is 0 Å². The van der Waals surface area contributed by atoms with Crippen molar-refractivity contribution < 1.29 is 42.1 Å². The summed E-state index contributed by atoms with van der Waals surface area (Å²) < 4.78 is 33.6. The lowest BCUT2D eigenvalue weighted by Crippen LogP contribution is -2.37. The minimum Gasteiger partial charge on any atom is -0.756 e. The van der Waals surface area contributed by atoms with E-state index in [4.69, 9.17) is 18.5 Å². The Kier molecular flexibility index (Phi) is 42.1. The van der Waals surface area contributed by atoms with Gasteiger partial charge < -0.3 is 27.9 Å². The monoisotopic (exact) mass is 910 g/mol. The Morgan fingerprint density at radius 3 is 1.31 bits per heavy atom. The first-order valence-corrected chi connectivity index (χ1v) is 25.7. The Bertz CT molecular complexity index is 1490. The fraction of sp³-hybridized carbons (Fsp3) is 0.593. The van der Waals surface area contributed by atoms with Crippen molar-refractivity contribution in [3.8, 4) is 0 Å². The zero-order valence-electron chi connectivity index (χ0n) is 40.7. The molecule has 0 aliphatic carbocycles. The van der Waals surface area contributed by atoms with E-state index < -0.39 is 32.5 Å². The fourth-order valence-corrected chi connectivity index (χ4v) is 6.47. The summed E-state index contributed by atoms with van der Waals surface area (Å²) in [5.74, 6) is -0.891. The fourth-order valence-electron chi connectivity index (χ4n) is 5.74. The first kappa shape index (κ1) is 60.4. The van der Waals surface area contributed by atoms with Crippen LogP contribution in [0.25, 0.3) is 0 Å². The Balaban J connectivity index is 4.13. The molecule has 0 spiro atoms. The summed E-state index contributed by atoms with van der Waals surface area (Å²) in [6, 6.07) is 0. The quantitative estimate of drug-likeness (QED) is 0.0196. The molecule has 0 aliphatic heterocycles. The molecule has 0 N–H and O–H groups in total. The molecule has 2 atom stereocenters. The zero-order chi connectivity index (χ0) is 47.1. The number of ether oxygens (including phenoxy) is 2. The molecule has 362 valence electrons. The van der Waals surface area contributed by atoms with Crippen LogP contribution in [0.4, 0.5) is 0 Å². The van der Waals surface area contributed by atoms with E-state index in [2.05, 4.69) is 135 Å². The van der Waals surface area contributed by atoms with E-state index in [0.717, 1.165) is 116 Å². The molecule has 0 saturated heterocycles. The molecule has 0 amide bonds. The van der Waals surface area contributed by atoms with Crippen LogP contribution in [0, 0.1) is 0 Å². The highest BCUT2D eigenvalue weighted by Crippen LogP contribution is 2.38. The lowest BCUT2D eigenvalue weighted by molar-refractivity contribution is -0.870. The lowest BCUT2D eigenvalue weighted by Gasteiger charge is -2.28. The first-order valence-electron chi connectivity index (χ1n) is 24.2. The summed E-state index contributed by atoms with van der Waals surface area (Å²) in [5, 5.41) is 0. The molecule has 0 bridgehead atoms. The molecule has 0 radical (unpaired) electrons. The first-order chi connectivity index (χ1) is 31.0. The minimum absolute atomic E-state index is 0.0425. The number of phosphoric ester groups is 1. The van der Waals surface area contributed by atoms with Gasteiger partial charge in [0.05, 0.1) is 27.7 Å². The van der Waals surface area contributed by atoms with Gasteiger partial charge in [-0.15, -0.1) is 0 Å². The number of allylic oxidation sites excluding steroid dienone is 20. The Morgan fingerprint density at radius 2 is 0.891 bits per heavy atom. The molecule has 2 unspecified atom stereocenters. The molecule has 0 aliphatic rings. The van der Waals surface area contributed by atoms with Crippen molar-refractivity contribution in [1.82, 2.24) is 0 Å². The van der Waals surface area contributed by atoms with Crippen molar-refractivity contribution in [2.75, 3.05) is 47.5 Å².